The molecular weight excluding hydrogens is 358 g/mol. The molecule has 0 aromatic heterocycles. The monoisotopic (exact) mass is 389 g/mol. The molecule has 8 heteroatoms. The number of nitrogens with zero attached hydrogens (tertiary/aromatic N) is 4. The van der Waals surface area contributed by atoms with Crippen LogP contribution in [0, 0.1) is 0 Å². The third kappa shape index (κ3) is 5.59. The van der Waals surface area contributed by atoms with Crippen molar-refractivity contribution in [2.45, 2.75) is 6.92 Å². The first-order valence-electron chi connectivity index (χ1n) is 10.0. The van der Waals surface area contributed by atoms with E-state index >= 15 is 0 Å². The Hall–Kier alpha value is -2.32. The average molecular weight is 390 g/mol. The molecule has 2 aliphatic rings. The lowest BCUT2D eigenvalue weighted by Crippen LogP contribution is -2.50. The van der Waals surface area contributed by atoms with Gasteiger partial charge in [-0.05, 0) is 38.2 Å². The minimum absolute atomic E-state index is 0.0306. The highest BCUT2D eigenvalue weighted by molar-refractivity contribution is 5.92. The quantitative estimate of drug-likeness (QED) is 0.815. The minimum atomic E-state index is -0.271. The Morgan fingerprint density at radius 3 is 2.21 bits per heavy atom. The Labute approximate surface area is 167 Å². The number of carbonyl (C=O) groups is 2. The number of likely N-dealkylation sites (N-methyl/N-ethyl adjacent to an activating group) is 1. The lowest BCUT2D eigenvalue weighted by atomic mass is 10.2. The summed E-state index contributed by atoms with van der Waals surface area (Å²) in [4.78, 5) is 32.5. The van der Waals surface area contributed by atoms with Gasteiger partial charge in [0.25, 0.3) is 0 Å². The maximum Gasteiger partial charge on any atom is 0.409 e. The lowest BCUT2D eigenvalue weighted by Gasteiger charge is -2.34. The number of piperazine rings is 2. The molecule has 2 aliphatic heterocycles. The first-order chi connectivity index (χ1) is 13.5. The van der Waals surface area contributed by atoms with Gasteiger partial charge in [0.1, 0.15) is 0 Å². The van der Waals surface area contributed by atoms with Gasteiger partial charge in [-0.25, -0.2) is 4.79 Å². The minimum Gasteiger partial charge on any atom is -0.450 e. The zero-order valence-electron chi connectivity index (χ0n) is 16.9. The molecule has 0 bridgehead atoms. The fourth-order valence-electron chi connectivity index (χ4n) is 3.53. The summed E-state index contributed by atoms with van der Waals surface area (Å²) in [6.07, 6.45) is -0.271. The number of ether oxygens (including phenoxy) is 1. The van der Waals surface area contributed by atoms with Crippen LogP contribution >= 0.6 is 0 Å². The molecule has 154 valence electrons. The van der Waals surface area contributed by atoms with Crippen LogP contribution in [0.15, 0.2) is 24.3 Å². The first-order valence-corrected chi connectivity index (χ1v) is 10.0. The van der Waals surface area contributed by atoms with Crippen LogP contribution in [0.4, 0.5) is 16.2 Å². The van der Waals surface area contributed by atoms with Crippen molar-refractivity contribution < 1.29 is 14.3 Å². The van der Waals surface area contributed by atoms with Gasteiger partial charge in [0.2, 0.25) is 5.91 Å². The van der Waals surface area contributed by atoms with E-state index in [0.29, 0.717) is 39.3 Å². The van der Waals surface area contributed by atoms with Gasteiger partial charge in [0, 0.05) is 63.7 Å². The Morgan fingerprint density at radius 2 is 1.61 bits per heavy atom. The molecule has 1 N–H and O–H groups in total. The average Bonchev–Trinajstić information content (AvgIpc) is 2.70. The van der Waals surface area contributed by atoms with Crippen molar-refractivity contribution in [2.75, 3.05) is 82.8 Å². The number of amides is 2. The van der Waals surface area contributed by atoms with Gasteiger partial charge < -0.3 is 24.8 Å². The number of hydrogen-bond acceptors (Lipinski definition) is 6. The van der Waals surface area contributed by atoms with Gasteiger partial charge in [-0.15, -0.1) is 0 Å². The van der Waals surface area contributed by atoms with Crippen LogP contribution in [0.3, 0.4) is 0 Å². The van der Waals surface area contributed by atoms with E-state index in [1.165, 1.54) is 5.69 Å². The van der Waals surface area contributed by atoms with Crippen molar-refractivity contribution in [3.63, 3.8) is 0 Å². The van der Waals surface area contributed by atoms with Crippen LogP contribution in [0.2, 0.25) is 0 Å². The molecule has 2 amide bonds. The van der Waals surface area contributed by atoms with Crippen molar-refractivity contribution in [1.29, 1.82) is 0 Å². The zero-order valence-corrected chi connectivity index (χ0v) is 16.9. The number of benzene rings is 1. The van der Waals surface area contributed by atoms with Crippen LogP contribution < -0.4 is 10.2 Å². The number of carbonyl (C=O) groups excluding carboxylic acids is 2. The Bertz CT molecular complexity index is 650. The molecule has 2 heterocycles. The van der Waals surface area contributed by atoms with Crippen molar-refractivity contribution in [1.82, 2.24) is 14.7 Å². The number of hydrogen-bond donors (Lipinski definition) is 1. The molecule has 0 spiro atoms. The summed E-state index contributed by atoms with van der Waals surface area (Å²) in [5.74, 6) is -0.0306. The molecule has 8 nitrogen and oxygen atoms in total. The molecular formula is C20H31N5O3. The maximum absolute atomic E-state index is 12.3. The topological polar surface area (TPSA) is 68.4 Å². The molecule has 0 saturated carbocycles. The Morgan fingerprint density at radius 1 is 0.964 bits per heavy atom. The molecule has 0 aliphatic carbocycles. The predicted octanol–water partition coefficient (Wildman–Crippen LogP) is 1.15. The zero-order chi connectivity index (χ0) is 19.9. The van der Waals surface area contributed by atoms with Gasteiger partial charge in [0.15, 0.2) is 0 Å². The molecule has 2 fully saturated rings. The van der Waals surface area contributed by atoms with Crippen molar-refractivity contribution in [3.05, 3.63) is 24.3 Å². The van der Waals surface area contributed by atoms with E-state index in [-0.39, 0.29) is 12.0 Å². The summed E-state index contributed by atoms with van der Waals surface area (Å²) in [7, 11) is 2.15. The number of anilines is 2. The van der Waals surface area contributed by atoms with E-state index in [1.807, 2.05) is 12.1 Å². The van der Waals surface area contributed by atoms with E-state index in [1.54, 1.807) is 11.8 Å². The van der Waals surface area contributed by atoms with Crippen LogP contribution in [0.5, 0.6) is 0 Å². The second-order valence-corrected chi connectivity index (χ2v) is 7.35. The second kappa shape index (κ2) is 9.75. The fourth-order valence-corrected chi connectivity index (χ4v) is 3.53. The number of nitrogens with one attached hydrogen (secondary N) is 1. The summed E-state index contributed by atoms with van der Waals surface area (Å²) >= 11 is 0. The summed E-state index contributed by atoms with van der Waals surface area (Å²) in [5, 5.41) is 2.97. The Balaban J connectivity index is 1.42. The van der Waals surface area contributed by atoms with Gasteiger partial charge in [-0.3, -0.25) is 9.69 Å². The molecule has 1 aromatic carbocycles. The van der Waals surface area contributed by atoms with Crippen molar-refractivity contribution in [3.8, 4) is 0 Å². The van der Waals surface area contributed by atoms with E-state index in [4.69, 9.17) is 4.74 Å². The summed E-state index contributed by atoms with van der Waals surface area (Å²) in [6.45, 7) is 9.24. The highest BCUT2D eigenvalue weighted by Crippen LogP contribution is 2.19. The van der Waals surface area contributed by atoms with Crippen LogP contribution in [0.1, 0.15) is 6.92 Å². The summed E-state index contributed by atoms with van der Waals surface area (Å²) in [6, 6.07) is 8.06. The van der Waals surface area contributed by atoms with Crippen LogP contribution in [-0.2, 0) is 9.53 Å². The fraction of sp³-hybridized carbons (Fsp3) is 0.600. The SMILES string of the molecule is CCOC(=O)N1CCN(CC(=O)Nc2ccc(N3CCN(C)CC3)cc2)CC1. The molecule has 3 rings (SSSR count). The second-order valence-electron chi connectivity index (χ2n) is 7.35. The number of rotatable bonds is 5. The first kappa shape index (κ1) is 20.4. The third-order valence-electron chi connectivity index (χ3n) is 5.29. The van der Waals surface area contributed by atoms with Crippen LogP contribution in [-0.4, -0.2) is 99.3 Å². The van der Waals surface area contributed by atoms with Gasteiger partial charge >= 0.3 is 6.09 Å². The largest absolute Gasteiger partial charge is 0.450 e. The molecule has 2 saturated heterocycles. The normalized spacial score (nSPS) is 18.8. The van der Waals surface area contributed by atoms with Gasteiger partial charge in [-0.1, -0.05) is 0 Å². The predicted molar refractivity (Wildman–Crippen MR) is 110 cm³/mol. The summed E-state index contributed by atoms with van der Waals surface area (Å²) in [5.41, 5.74) is 2.01. The Kier molecular flexibility index (Phi) is 7.11. The maximum atomic E-state index is 12.3. The summed E-state index contributed by atoms with van der Waals surface area (Å²) < 4.78 is 5.02. The van der Waals surface area contributed by atoms with E-state index in [2.05, 4.69) is 39.2 Å². The highest BCUT2D eigenvalue weighted by atomic mass is 16.6. The van der Waals surface area contributed by atoms with Crippen LogP contribution in [0.25, 0.3) is 0 Å². The van der Waals surface area contributed by atoms with Gasteiger partial charge in [-0.2, -0.15) is 0 Å². The lowest BCUT2D eigenvalue weighted by molar-refractivity contribution is -0.117. The molecule has 0 atom stereocenters. The molecule has 0 unspecified atom stereocenters. The highest BCUT2D eigenvalue weighted by Gasteiger charge is 2.23. The van der Waals surface area contributed by atoms with Gasteiger partial charge in [0.05, 0.1) is 13.2 Å². The van der Waals surface area contributed by atoms with E-state index in [9.17, 15) is 9.59 Å². The van der Waals surface area contributed by atoms with Crippen molar-refractivity contribution in [2.24, 2.45) is 0 Å². The molecule has 0 radical (unpaired) electrons. The molecule has 28 heavy (non-hydrogen) atoms. The smallest absolute Gasteiger partial charge is 0.409 e. The third-order valence-corrected chi connectivity index (χ3v) is 5.29. The van der Waals surface area contributed by atoms with E-state index < -0.39 is 0 Å². The van der Waals surface area contributed by atoms with Crippen molar-refractivity contribution >= 4 is 23.4 Å². The standard InChI is InChI=1S/C20H31N5O3/c1-3-28-20(27)25-14-10-23(11-15-25)16-19(26)21-17-4-6-18(7-5-17)24-12-8-22(2)9-13-24/h4-7H,3,8-16H2,1-2H3,(H,21,26). The molecule has 1 aromatic rings. The van der Waals surface area contributed by atoms with E-state index in [0.717, 1.165) is 31.9 Å².